The first-order valence-corrected chi connectivity index (χ1v) is 12.6. The van der Waals surface area contributed by atoms with E-state index in [1.54, 1.807) is 55.8 Å². The second-order valence-electron chi connectivity index (χ2n) is 8.15. The van der Waals surface area contributed by atoms with Gasteiger partial charge in [-0.3, -0.25) is 13.8 Å². The normalized spacial score (nSPS) is 13.2. The molecule has 0 radical (unpaired) electrons. The van der Waals surface area contributed by atoms with Gasteiger partial charge in [0.2, 0.25) is 0 Å². The summed E-state index contributed by atoms with van der Waals surface area (Å²) in [7, 11) is 0.190. The summed E-state index contributed by atoms with van der Waals surface area (Å²) < 4.78 is 19.2. The average Bonchev–Trinajstić information content (AvgIpc) is 3.11. The number of hydrogen-bond acceptors (Lipinski definition) is 5. The SMILES string of the molecule is Cc1cc2c(cc(C(=O)NC(CO)c3ccc([S@@](=O)CC(=O)OC(C)C)cc3)n2C)c(Cl)c1Cl. The molecule has 0 saturated heterocycles. The Morgan fingerprint density at radius 2 is 1.79 bits per heavy atom. The molecule has 0 aliphatic carbocycles. The molecular weight excluding hydrogens is 499 g/mol. The number of amides is 1. The lowest BCUT2D eigenvalue weighted by Crippen LogP contribution is -2.32. The molecule has 7 nitrogen and oxygen atoms in total. The highest BCUT2D eigenvalue weighted by molar-refractivity contribution is 7.85. The van der Waals surface area contributed by atoms with Crippen LogP contribution in [0.25, 0.3) is 10.9 Å². The number of aliphatic hydroxyl groups excluding tert-OH is 1. The van der Waals surface area contributed by atoms with E-state index in [-0.39, 0.29) is 18.5 Å². The number of rotatable bonds is 8. The van der Waals surface area contributed by atoms with E-state index >= 15 is 0 Å². The highest BCUT2D eigenvalue weighted by atomic mass is 35.5. The van der Waals surface area contributed by atoms with Crippen LogP contribution in [0.1, 0.15) is 41.5 Å². The number of aromatic nitrogens is 1. The van der Waals surface area contributed by atoms with Crippen molar-refractivity contribution in [3.63, 3.8) is 0 Å². The van der Waals surface area contributed by atoms with E-state index in [1.165, 1.54) is 0 Å². The zero-order valence-electron chi connectivity index (χ0n) is 19.2. The van der Waals surface area contributed by atoms with Crippen molar-refractivity contribution in [3.8, 4) is 0 Å². The Morgan fingerprint density at radius 3 is 2.38 bits per heavy atom. The molecule has 34 heavy (non-hydrogen) atoms. The van der Waals surface area contributed by atoms with Gasteiger partial charge < -0.3 is 19.7 Å². The van der Waals surface area contributed by atoms with Crippen molar-refractivity contribution in [1.82, 2.24) is 9.88 Å². The van der Waals surface area contributed by atoms with Crippen molar-refractivity contribution in [2.24, 2.45) is 7.05 Å². The third kappa shape index (κ3) is 5.63. The van der Waals surface area contributed by atoms with Gasteiger partial charge >= 0.3 is 5.97 Å². The highest BCUT2D eigenvalue weighted by Gasteiger charge is 2.21. The molecule has 2 aromatic carbocycles. The molecule has 0 fully saturated rings. The zero-order chi connectivity index (χ0) is 25.2. The van der Waals surface area contributed by atoms with E-state index < -0.39 is 28.7 Å². The number of benzene rings is 2. The van der Waals surface area contributed by atoms with Crippen LogP contribution >= 0.6 is 23.2 Å². The summed E-state index contributed by atoms with van der Waals surface area (Å²) in [5.74, 6) is -1.18. The Morgan fingerprint density at radius 1 is 1.15 bits per heavy atom. The molecule has 0 aliphatic heterocycles. The van der Waals surface area contributed by atoms with Gasteiger partial charge in [-0.1, -0.05) is 35.3 Å². The number of nitrogens with one attached hydrogen (secondary N) is 1. The number of ether oxygens (including phenoxy) is 1. The molecule has 0 spiro atoms. The van der Waals surface area contributed by atoms with Gasteiger partial charge in [0.15, 0.2) is 0 Å². The number of hydrogen-bond donors (Lipinski definition) is 2. The van der Waals surface area contributed by atoms with Gasteiger partial charge in [0.25, 0.3) is 5.91 Å². The molecule has 182 valence electrons. The summed E-state index contributed by atoms with van der Waals surface area (Å²) in [4.78, 5) is 25.2. The lowest BCUT2D eigenvalue weighted by atomic mass is 10.1. The Hall–Kier alpha value is -2.39. The third-order valence-corrected chi connectivity index (χ3v) is 7.56. The third-order valence-electron chi connectivity index (χ3n) is 5.29. The van der Waals surface area contributed by atoms with E-state index in [0.29, 0.717) is 31.6 Å². The maximum atomic E-state index is 13.0. The molecular formula is C24H26Cl2N2O5S. The Bertz CT molecular complexity index is 1250. The topological polar surface area (TPSA) is 97.6 Å². The maximum absolute atomic E-state index is 13.0. The number of carbonyl (C=O) groups excluding carboxylic acids is 2. The molecule has 1 unspecified atom stereocenters. The lowest BCUT2D eigenvalue weighted by molar-refractivity contribution is -0.144. The molecule has 0 bridgehead atoms. The van der Waals surface area contributed by atoms with E-state index in [2.05, 4.69) is 5.32 Å². The summed E-state index contributed by atoms with van der Waals surface area (Å²) in [6.07, 6.45) is -0.278. The largest absolute Gasteiger partial charge is 0.462 e. The van der Waals surface area contributed by atoms with E-state index in [0.717, 1.165) is 11.1 Å². The minimum Gasteiger partial charge on any atom is -0.462 e. The van der Waals surface area contributed by atoms with Crippen molar-refractivity contribution in [2.45, 2.75) is 37.8 Å². The number of halogens is 2. The summed E-state index contributed by atoms with van der Waals surface area (Å²) in [5.41, 5.74) is 2.55. The van der Waals surface area contributed by atoms with Crippen LogP contribution in [0, 0.1) is 6.92 Å². The number of aryl methyl sites for hydroxylation is 2. The number of carbonyl (C=O) groups is 2. The number of aliphatic hydroxyl groups is 1. The summed E-state index contributed by atoms with van der Waals surface area (Å²) in [5, 5.41) is 14.2. The van der Waals surface area contributed by atoms with Crippen LogP contribution in [0.15, 0.2) is 41.3 Å². The summed E-state index contributed by atoms with van der Waals surface area (Å²) in [6.45, 7) is 4.94. The van der Waals surface area contributed by atoms with Gasteiger partial charge in [0.1, 0.15) is 11.4 Å². The van der Waals surface area contributed by atoms with Gasteiger partial charge in [0, 0.05) is 17.3 Å². The second-order valence-corrected chi connectivity index (χ2v) is 10.4. The Labute approximate surface area is 210 Å². The first-order chi connectivity index (χ1) is 16.0. The molecule has 3 aromatic rings. The van der Waals surface area contributed by atoms with Gasteiger partial charge in [0.05, 0.1) is 45.1 Å². The second kappa shape index (κ2) is 10.9. The van der Waals surface area contributed by atoms with Crippen LogP contribution < -0.4 is 5.32 Å². The first-order valence-electron chi connectivity index (χ1n) is 10.6. The molecule has 10 heteroatoms. The van der Waals surface area contributed by atoms with Crippen LogP contribution in [0.2, 0.25) is 10.0 Å². The molecule has 1 heterocycles. The fourth-order valence-corrected chi connectivity index (χ4v) is 4.90. The van der Waals surface area contributed by atoms with Crippen molar-refractivity contribution in [2.75, 3.05) is 12.4 Å². The van der Waals surface area contributed by atoms with Crippen LogP contribution in [-0.2, 0) is 27.4 Å². The van der Waals surface area contributed by atoms with Gasteiger partial charge in [-0.2, -0.15) is 0 Å². The van der Waals surface area contributed by atoms with Crippen LogP contribution in [-0.4, -0.2) is 44.2 Å². The van der Waals surface area contributed by atoms with Crippen molar-refractivity contribution in [3.05, 3.63) is 63.3 Å². The summed E-state index contributed by atoms with van der Waals surface area (Å²) in [6, 6.07) is 9.34. The lowest BCUT2D eigenvalue weighted by Gasteiger charge is -2.17. The van der Waals surface area contributed by atoms with Crippen LogP contribution in [0.4, 0.5) is 0 Å². The van der Waals surface area contributed by atoms with E-state index in [1.807, 2.05) is 13.0 Å². The fraction of sp³-hybridized carbons (Fsp3) is 0.333. The van der Waals surface area contributed by atoms with Gasteiger partial charge in [-0.15, -0.1) is 0 Å². The average molecular weight is 525 g/mol. The van der Waals surface area contributed by atoms with Gasteiger partial charge in [-0.25, -0.2) is 0 Å². The number of nitrogens with zero attached hydrogens (tertiary/aromatic N) is 1. The molecule has 2 atom stereocenters. The van der Waals surface area contributed by atoms with Crippen LogP contribution in [0.3, 0.4) is 0 Å². The predicted octanol–water partition coefficient (Wildman–Crippen LogP) is 4.32. The highest BCUT2D eigenvalue weighted by Crippen LogP contribution is 2.35. The molecule has 0 aliphatic rings. The Kier molecular flexibility index (Phi) is 8.41. The van der Waals surface area contributed by atoms with E-state index in [9.17, 15) is 18.9 Å². The van der Waals surface area contributed by atoms with Gasteiger partial charge in [-0.05, 0) is 56.2 Å². The van der Waals surface area contributed by atoms with Crippen LogP contribution in [0.5, 0.6) is 0 Å². The molecule has 1 aromatic heterocycles. The number of fused-ring (bicyclic) bond motifs is 1. The quantitative estimate of drug-likeness (QED) is 0.427. The standard InChI is InChI=1S/C24H26Cl2N2O5S/c1-13(2)33-21(30)12-34(32)16-7-5-15(6-8-16)18(11-29)27-24(31)20-10-17-19(28(20)4)9-14(3)22(25)23(17)26/h5-10,13,18,29H,11-12H2,1-4H3,(H,27,31)/t18?,34-/m0/s1. The monoisotopic (exact) mass is 524 g/mol. The Balaban J connectivity index is 1.77. The molecule has 2 N–H and O–H groups in total. The molecule has 1 amide bonds. The predicted molar refractivity (Wildman–Crippen MR) is 134 cm³/mol. The number of esters is 1. The summed E-state index contributed by atoms with van der Waals surface area (Å²) >= 11 is 12.6. The van der Waals surface area contributed by atoms with Crippen molar-refractivity contribution >= 4 is 56.8 Å². The fourth-order valence-electron chi connectivity index (χ4n) is 3.55. The van der Waals surface area contributed by atoms with Crippen molar-refractivity contribution < 1.29 is 23.6 Å². The minimum atomic E-state index is -1.56. The van der Waals surface area contributed by atoms with Crippen molar-refractivity contribution in [1.29, 1.82) is 0 Å². The first kappa shape index (κ1) is 26.2. The smallest absolute Gasteiger partial charge is 0.319 e. The maximum Gasteiger partial charge on any atom is 0.319 e. The molecule has 3 rings (SSSR count). The minimum absolute atomic E-state index is 0.245. The molecule has 0 saturated carbocycles. The van der Waals surface area contributed by atoms with E-state index in [4.69, 9.17) is 27.9 Å². The zero-order valence-corrected chi connectivity index (χ0v) is 21.6.